The average molecular weight is 344 g/mol. The van der Waals surface area contributed by atoms with Gasteiger partial charge in [-0.2, -0.15) is 0 Å². The number of benzene rings is 1. The number of carbonyl (C=O) groups excluding carboxylic acids is 1. The van der Waals surface area contributed by atoms with Crippen LogP contribution in [0, 0.1) is 23.2 Å². The molecule has 1 aromatic rings. The molecule has 1 atom stereocenters. The molecule has 2 nitrogen and oxygen atoms in total. The fraction of sp³-hybridized carbons (Fsp3) is 0.571. The molecule has 0 aromatic heterocycles. The van der Waals surface area contributed by atoms with Gasteiger partial charge in [0.2, 0.25) is 5.91 Å². The zero-order chi connectivity index (χ0) is 16.7. The van der Waals surface area contributed by atoms with E-state index < -0.39 is 0 Å². The van der Waals surface area contributed by atoms with Crippen LogP contribution in [0.5, 0.6) is 0 Å². The van der Waals surface area contributed by atoms with Crippen molar-refractivity contribution in [1.29, 1.82) is 0 Å². The first-order valence-electron chi connectivity index (χ1n) is 9.26. The summed E-state index contributed by atoms with van der Waals surface area (Å²) in [4.78, 5) is 12.4. The quantitative estimate of drug-likeness (QED) is 0.759. The highest BCUT2D eigenvalue weighted by molar-refractivity contribution is 6.30. The lowest BCUT2D eigenvalue weighted by atomic mass is 9.48. The van der Waals surface area contributed by atoms with Gasteiger partial charge >= 0.3 is 0 Å². The summed E-state index contributed by atoms with van der Waals surface area (Å²) in [6.45, 7) is 2.22. The van der Waals surface area contributed by atoms with Crippen molar-refractivity contribution in [3.8, 4) is 0 Å². The molecule has 4 aliphatic rings. The second-order valence-electron chi connectivity index (χ2n) is 8.40. The number of amides is 1. The smallest absolute Gasteiger partial charge is 0.244 e. The molecule has 1 N–H and O–H groups in total. The molecule has 5 rings (SSSR count). The Bertz CT molecular complexity index is 630. The molecule has 0 heterocycles. The van der Waals surface area contributed by atoms with Gasteiger partial charge in [0.05, 0.1) is 0 Å². The van der Waals surface area contributed by atoms with Crippen LogP contribution in [-0.4, -0.2) is 11.9 Å². The number of carbonyl (C=O) groups is 1. The Morgan fingerprint density at radius 1 is 1.21 bits per heavy atom. The third kappa shape index (κ3) is 3.13. The van der Waals surface area contributed by atoms with Crippen molar-refractivity contribution >= 4 is 23.6 Å². The minimum Gasteiger partial charge on any atom is -0.350 e. The van der Waals surface area contributed by atoms with Crippen LogP contribution in [0.4, 0.5) is 0 Å². The van der Waals surface area contributed by atoms with Crippen LogP contribution in [0.1, 0.15) is 51.0 Å². The average Bonchev–Trinajstić information content (AvgIpc) is 2.52. The Kier molecular flexibility index (Phi) is 4.20. The van der Waals surface area contributed by atoms with Crippen molar-refractivity contribution in [2.24, 2.45) is 23.2 Å². The number of hydrogen-bond acceptors (Lipinski definition) is 1. The monoisotopic (exact) mass is 343 g/mol. The van der Waals surface area contributed by atoms with Gasteiger partial charge in [0.1, 0.15) is 0 Å². The van der Waals surface area contributed by atoms with Gasteiger partial charge in [0, 0.05) is 17.1 Å². The maximum absolute atomic E-state index is 12.4. The highest BCUT2D eigenvalue weighted by atomic mass is 35.5. The second kappa shape index (κ2) is 6.22. The summed E-state index contributed by atoms with van der Waals surface area (Å²) < 4.78 is 0. The lowest BCUT2D eigenvalue weighted by Crippen LogP contribution is -2.55. The Hall–Kier alpha value is -1.28. The summed E-state index contributed by atoms with van der Waals surface area (Å²) in [5.74, 6) is 2.76. The summed E-state index contributed by atoms with van der Waals surface area (Å²) in [5.41, 5.74) is 1.31. The molecule has 0 spiro atoms. The van der Waals surface area contributed by atoms with Gasteiger partial charge in [-0.3, -0.25) is 4.79 Å². The molecule has 4 bridgehead atoms. The third-order valence-electron chi connectivity index (χ3n) is 6.64. The molecule has 0 radical (unpaired) electrons. The van der Waals surface area contributed by atoms with Crippen molar-refractivity contribution in [2.75, 3.05) is 0 Å². The van der Waals surface area contributed by atoms with Crippen LogP contribution in [0.2, 0.25) is 5.02 Å². The predicted octanol–water partition coefficient (Wildman–Crippen LogP) is 5.07. The minimum atomic E-state index is 0.0122. The zero-order valence-corrected chi connectivity index (χ0v) is 15.1. The Labute approximate surface area is 149 Å². The Morgan fingerprint density at radius 2 is 1.83 bits per heavy atom. The molecule has 1 amide bonds. The van der Waals surface area contributed by atoms with E-state index in [2.05, 4.69) is 12.2 Å². The van der Waals surface area contributed by atoms with E-state index in [1.165, 1.54) is 38.5 Å². The standard InChI is InChI=1S/C21H26ClNO/c1-14(21-11-16-7-17(12-21)9-18(8-16)13-21)23-20(24)6-5-15-3-2-4-19(22)10-15/h2-6,10,14,16-18H,7-9,11-13H2,1H3,(H,23,24)/b6-5+/t14-,16?,17?,18?,21?/m1/s1. The Balaban J connectivity index is 1.41. The van der Waals surface area contributed by atoms with Crippen LogP contribution < -0.4 is 5.32 Å². The maximum atomic E-state index is 12.4. The van der Waals surface area contributed by atoms with Gasteiger partial charge in [0.25, 0.3) is 0 Å². The number of hydrogen-bond donors (Lipinski definition) is 1. The van der Waals surface area contributed by atoms with Gasteiger partial charge in [-0.05, 0) is 92.4 Å². The van der Waals surface area contributed by atoms with Crippen LogP contribution in [0.15, 0.2) is 30.3 Å². The molecule has 0 saturated heterocycles. The highest BCUT2D eigenvalue weighted by Gasteiger charge is 2.53. The van der Waals surface area contributed by atoms with Crippen molar-refractivity contribution < 1.29 is 4.79 Å². The van der Waals surface area contributed by atoms with E-state index in [0.717, 1.165) is 23.3 Å². The van der Waals surface area contributed by atoms with E-state index in [1.54, 1.807) is 6.08 Å². The van der Waals surface area contributed by atoms with E-state index in [0.29, 0.717) is 10.4 Å². The van der Waals surface area contributed by atoms with E-state index in [-0.39, 0.29) is 11.9 Å². The lowest BCUT2D eigenvalue weighted by Gasteiger charge is -2.59. The van der Waals surface area contributed by atoms with E-state index in [1.807, 2.05) is 30.3 Å². The van der Waals surface area contributed by atoms with Crippen molar-refractivity contribution in [3.05, 3.63) is 40.9 Å². The summed E-state index contributed by atoms with van der Waals surface area (Å²) in [6, 6.07) is 7.83. The fourth-order valence-electron chi connectivity index (χ4n) is 5.90. The van der Waals surface area contributed by atoms with Gasteiger partial charge in [0.15, 0.2) is 0 Å². The van der Waals surface area contributed by atoms with E-state index in [4.69, 9.17) is 11.6 Å². The van der Waals surface area contributed by atoms with Crippen LogP contribution in [0.25, 0.3) is 6.08 Å². The molecule has 24 heavy (non-hydrogen) atoms. The number of rotatable bonds is 4. The largest absolute Gasteiger partial charge is 0.350 e. The summed E-state index contributed by atoms with van der Waals surface area (Å²) >= 11 is 5.99. The first-order valence-corrected chi connectivity index (χ1v) is 9.64. The Morgan fingerprint density at radius 3 is 2.42 bits per heavy atom. The van der Waals surface area contributed by atoms with Gasteiger partial charge in [-0.1, -0.05) is 23.7 Å². The third-order valence-corrected chi connectivity index (χ3v) is 6.87. The lowest BCUT2D eigenvalue weighted by molar-refractivity contribution is -0.121. The van der Waals surface area contributed by atoms with E-state index in [9.17, 15) is 4.79 Å². The van der Waals surface area contributed by atoms with Gasteiger partial charge in [-0.15, -0.1) is 0 Å². The molecule has 4 aliphatic carbocycles. The maximum Gasteiger partial charge on any atom is 0.244 e. The summed E-state index contributed by atoms with van der Waals surface area (Å²) in [7, 11) is 0. The molecular weight excluding hydrogens is 318 g/mol. The van der Waals surface area contributed by atoms with Crippen molar-refractivity contribution in [2.45, 2.75) is 51.5 Å². The van der Waals surface area contributed by atoms with Gasteiger partial charge in [-0.25, -0.2) is 0 Å². The molecule has 4 fully saturated rings. The molecule has 3 heteroatoms. The normalized spacial score (nSPS) is 35.3. The number of nitrogens with one attached hydrogen (secondary N) is 1. The molecule has 0 aliphatic heterocycles. The topological polar surface area (TPSA) is 29.1 Å². The van der Waals surface area contributed by atoms with Crippen LogP contribution in [0.3, 0.4) is 0 Å². The molecular formula is C21H26ClNO. The second-order valence-corrected chi connectivity index (χ2v) is 8.83. The first-order chi connectivity index (χ1) is 11.5. The SMILES string of the molecule is C[C@@H](NC(=O)/C=C/c1cccc(Cl)c1)C12CC3CC(CC(C3)C1)C2. The fourth-order valence-corrected chi connectivity index (χ4v) is 6.10. The van der Waals surface area contributed by atoms with Crippen LogP contribution >= 0.6 is 11.6 Å². The highest BCUT2D eigenvalue weighted by Crippen LogP contribution is 2.61. The number of halogens is 1. The molecule has 1 aromatic carbocycles. The first kappa shape index (κ1) is 16.2. The van der Waals surface area contributed by atoms with Crippen LogP contribution in [-0.2, 0) is 4.79 Å². The molecule has 4 saturated carbocycles. The summed E-state index contributed by atoms with van der Waals surface area (Å²) in [6.07, 6.45) is 11.8. The predicted molar refractivity (Wildman–Crippen MR) is 98.7 cm³/mol. The molecule has 128 valence electrons. The van der Waals surface area contributed by atoms with Gasteiger partial charge < -0.3 is 5.32 Å². The van der Waals surface area contributed by atoms with E-state index >= 15 is 0 Å². The van der Waals surface area contributed by atoms with Crippen molar-refractivity contribution in [1.82, 2.24) is 5.32 Å². The minimum absolute atomic E-state index is 0.0122. The summed E-state index contributed by atoms with van der Waals surface area (Å²) in [5, 5.41) is 3.96. The molecule has 0 unspecified atom stereocenters. The zero-order valence-electron chi connectivity index (χ0n) is 14.3. The van der Waals surface area contributed by atoms with Crippen molar-refractivity contribution in [3.63, 3.8) is 0 Å².